The predicted molar refractivity (Wildman–Crippen MR) is 119 cm³/mol. The van der Waals surface area contributed by atoms with Crippen molar-refractivity contribution in [2.75, 3.05) is 28.4 Å². The lowest BCUT2D eigenvalue weighted by Crippen LogP contribution is -2.37. The van der Waals surface area contributed by atoms with Crippen molar-refractivity contribution >= 4 is 0 Å². The second kappa shape index (κ2) is 8.41. The molecule has 3 saturated carbocycles. The zero-order valence-electron chi connectivity index (χ0n) is 19.1. The van der Waals surface area contributed by atoms with E-state index in [-0.39, 0.29) is 0 Å². The minimum Gasteiger partial charge on any atom is -0.496 e. The standard InChI is InChI=1S/C26H34O4/c1-15-11-23(29-5)19(13-21(15)27-3)25-17-7-9-18(10-8-17)26(25)20-14-22(28-4)16(2)12-24(20)30-6/h11-14,17-18,25-26H,7-10H2,1-6H3. The van der Waals surface area contributed by atoms with E-state index in [9.17, 15) is 0 Å². The fourth-order valence-electron chi connectivity index (χ4n) is 6.01. The molecule has 30 heavy (non-hydrogen) atoms. The van der Waals surface area contributed by atoms with Crippen molar-refractivity contribution in [3.05, 3.63) is 46.5 Å². The van der Waals surface area contributed by atoms with E-state index in [1.807, 2.05) is 0 Å². The Morgan fingerprint density at radius 3 is 1.17 bits per heavy atom. The molecular weight excluding hydrogens is 376 g/mol. The van der Waals surface area contributed by atoms with Crippen molar-refractivity contribution in [1.29, 1.82) is 0 Å². The highest BCUT2D eigenvalue weighted by Crippen LogP contribution is 2.60. The maximum absolute atomic E-state index is 5.88. The van der Waals surface area contributed by atoms with Gasteiger partial charge in [-0.1, -0.05) is 0 Å². The molecule has 2 atom stereocenters. The van der Waals surface area contributed by atoms with Gasteiger partial charge in [-0.2, -0.15) is 0 Å². The summed E-state index contributed by atoms with van der Waals surface area (Å²) in [6.07, 6.45) is 5.10. The summed E-state index contributed by atoms with van der Waals surface area (Å²) in [5.74, 6) is 5.82. The first-order chi connectivity index (χ1) is 14.5. The Labute approximate surface area is 180 Å². The van der Waals surface area contributed by atoms with Crippen LogP contribution in [0.25, 0.3) is 0 Å². The van der Waals surface area contributed by atoms with Gasteiger partial charge in [-0.05, 0) is 98.6 Å². The van der Waals surface area contributed by atoms with Crippen molar-refractivity contribution in [3.63, 3.8) is 0 Å². The Hall–Kier alpha value is -2.36. The number of ether oxygens (including phenoxy) is 4. The van der Waals surface area contributed by atoms with Crippen LogP contribution in [0.4, 0.5) is 0 Å². The van der Waals surface area contributed by atoms with Crippen LogP contribution in [0.1, 0.15) is 59.8 Å². The van der Waals surface area contributed by atoms with E-state index < -0.39 is 0 Å². The largest absolute Gasteiger partial charge is 0.496 e. The van der Waals surface area contributed by atoms with Crippen molar-refractivity contribution in [3.8, 4) is 23.0 Å². The fourth-order valence-corrected chi connectivity index (χ4v) is 6.01. The van der Waals surface area contributed by atoms with Gasteiger partial charge in [-0.15, -0.1) is 0 Å². The van der Waals surface area contributed by atoms with Crippen LogP contribution >= 0.6 is 0 Å². The predicted octanol–water partition coefficient (Wildman–Crippen LogP) is 6.03. The molecule has 4 nitrogen and oxygen atoms in total. The third-order valence-electron chi connectivity index (χ3n) is 7.43. The van der Waals surface area contributed by atoms with Gasteiger partial charge in [0.2, 0.25) is 0 Å². The van der Waals surface area contributed by atoms with Crippen LogP contribution in [0.15, 0.2) is 24.3 Å². The molecule has 3 aliphatic carbocycles. The van der Waals surface area contributed by atoms with E-state index in [2.05, 4.69) is 38.1 Å². The van der Waals surface area contributed by atoms with E-state index in [0.29, 0.717) is 23.7 Å². The summed E-state index contributed by atoms with van der Waals surface area (Å²) in [4.78, 5) is 0. The highest BCUT2D eigenvalue weighted by molar-refractivity contribution is 5.53. The van der Waals surface area contributed by atoms with Crippen molar-refractivity contribution in [1.82, 2.24) is 0 Å². The number of hydrogen-bond donors (Lipinski definition) is 0. The van der Waals surface area contributed by atoms with E-state index in [1.54, 1.807) is 28.4 Å². The summed E-state index contributed by atoms with van der Waals surface area (Å²) >= 11 is 0. The average molecular weight is 411 g/mol. The van der Waals surface area contributed by atoms with Crippen molar-refractivity contribution in [2.45, 2.75) is 51.4 Å². The Kier molecular flexibility index (Phi) is 5.86. The Morgan fingerprint density at radius 2 is 0.867 bits per heavy atom. The number of benzene rings is 2. The van der Waals surface area contributed by atoms with E-state index >= 15 is 0 Å². The maximum Gasteiger partial charge on any atom is 0.122 e. The number of rotatable bonds is 6. The second-order valence-corrected chi connectivity index (χ2v) is 8.85. The normalized spacial score (nSPS) is 25.1. The molecule has 3 fully saturated rings. The molecule has 2 unspecified atom stereocenters. The molecule has 0 aliphatic heterocycles. The summed E-state index contributed by atoms with van der Waals surface area (Å²) in [5.41, 5.74) is 4.73. The molecule has 5 rings (SSSR count). The lowest BCUT2D eigenvalue weighted by Gasteiger charge is -2.50. The first-order valence-corrected chi connectivity index (χ1v) is 11.0. The third-order valence-corrected chi connectivity index (χ3v) is 7.43. The highest BCUT2D eigenvalue weighted by atomic mass is 16.5. The SMILES string of the molecule is COc1cc(C2C3CCC(CC3)C2c2cc(OC)c(C)cc2OC)c(OC)cc1C. The summed E-state index contributed by atoms with van der Waals surface area (Å²) in [6, 6.07) is 8.68. The molecule has 0 amide bonds. The summed E-state index contributed by atoms with van der Waals surface area (Å²) in [6.45, 7) is 4.15. The zero-order valence-corrected chi connectivity index (χ0v) is 19.1. The number of aryl methyl sites for hydroxylation is 2. The molecule has 162 valence electrons. The summed E-state index contributed by atoms with van der Waals surface area (Å²) < 4.78 is 23.1. The van der Waals surface area contributed by atoms with Gasteiger partial charge in [0.1, 0.15) is 23.0 Å². The number of fused-ring (bicyclic) bond motifs is 3. The van der Waals surface area contributed by atoms with Crippen LogP contribution in [-0.2, 0) is 0 Å². The molecule has 0 aromatic heterocycles. The minimum atomic E-state index is 0.378. The zero-order chi connectivity index (χ0) is 21.4. The van der Waals surface area contributed by atoms with Crippen LogP contribution in [0.3, 0.4) is 0 Å². The molecular formula is C26H34O4. The quantitative estimate of drug-likeness (QED) is 0.583. The first kappa shape index (κ1) is 20.9. The third kappa shape index (κ3) is 3.40. The number of methoxy groups -OCH3 is 4. The van der Waals surface area contributed by atoms with Gasteiger partial charge < -0.3 is 18.9 Å². The molecule has 0 heterocycles. The van der Waals surface area contributed by atoms with Crippen LogP contribution in [0.5, 0.6) is 23.0 Å². The summed E-state index contributed by atoms with van der Waals surface area (Å²) in [5, 5.41) is 0. The molecule has 0 saturated heterocycles. The topological polar surface area (TPSA) is 36.9 Å². The van der Waals surface area contributed by atoms with Crippen LogP contribution in [-0.4, -0.2) is 28.4 Å². The van der Waals surface area contributed by atoms with Gasteiger partial charge in [0.05, 0.1) is 28.4 Å². The molecule has 2 bridgehead atoms. The Morgan fingerprint density at radius 1 is 0.533 bits per heavy atom. The molecule has 2 aromatic carbocycles. The van der Waals surface area contributed by atoms with Crippen LogP contribution < -0.4 is 18.9 Å². The minimum absolute atomic E-state index is 0.378. The highest BCUT2D eigenvalue weighted by Gasteiger charge is 2.47. The van der Waals surface area contributed by atoms with Crippen molar-refractivity contribution in [2.24, 2.45) is 11.8 Å². The smallest absolute Gasteiger partial charge is 0.122 e. The molecule has 2 aromatic rings. The maximum atomic E-state index is 5.88. The van der Waals surface area contributed by atoms with Crippen LogP contribution in [0.2, 0.25) is 0 Å². The summed E-state index contributed by atoms with van der Waals surface area (Å²) in [7, 11) is 7.04. The van der Waals surface area contributed by atoms with Gasteiger partial charge in [-0.3, -0.25) is 0 Å². The lowest BCUT2D eigenvalue weighted by molar-refractivity contribution is 0.110. The fraction of sp³-hybridized carbons (Fsp3) is 0.538. The van der Waals surface area contributed by atoms with Gasteiger partial charge in [-0.25, -0.2) is 0 Å². The van der Waals surface area contributed by atoms with Gasteiger partial charge in [0, 0.05) is 11.1 Å². The molecule has 0 spiro atoms. The number of hydrogen-bond acceptors (Lipinski definition) is 4. The Balaban J connectivity index is 1.90. The molecule has 0 radical (unpaired) electrons. The van der Waals surface area contributed by atoms with Crippen LogP contribution in [0, 0.1) is 25.7 Å². The van der Waals surface area contributed by atoms with E-state index in [1.165, 1.54) is 36.8 Å². The first-order valence-electron chi connectivity index (χ1n) is 11.0. The Bertz CT molecular complexity index is 836. The van der Waals surface area contributed by atoms with E-state index in [4.69, 9.17) is 18.9 Å². The monoisotopic (exact) mass is 410 g/mol. The van der Waals surface area contributed by atoms with Crippen molar-refractivity contribution < 1.29 is 18.9 Å². The molecule has 0 N–H and O–H groups in total. The van der Waals surface area contributed by atoms with Gasteiger partial charge in [0.25, 0.3) is 0 Å². The van der Waals surface area contributed by atoms with Gasteiger partial charge in [0.15, 0.2) is 0 Å². The van der Waals surface area contributed by atoms with E-state index in [0.717, 1.165) is 34.1 Å². The molecule has 4 heteroatoms. The molecule has 3 aliphatic rings. The average Bonchev–Trinajstić information content (AvgIpc) is 2.78. The lowest BCUT2D eigenvalue weighted by atomic mass is 9.55. The van der Waals surface area contributed by atoms with Gasteiger partial charge >= 0.3 is 0 Å². The second-order valence-electron chi connectivity index (χ2n) is 8.85.